The number of hydrogen-bond donors (Lipinski definition) is 0. The summed E-state index contributed by atoms with van der Waals surface area (Å²) in [6, 6.07) is 5.73. The fourth-order valence-electron chi connectivity index (χ4n) is 1.68. The van der Waals surface area contributed by atoms with Gasteiger partial charge in [-0.25, -0.2) is 14.8 Å². The van der Waals surface area contributed by atoms with Gasteiger partial charge < -0.3 is 4.74 Å². The lowest BCUT2D eigenvalue weighted by atomic mass is 10.4. The zero-order valence-electron chi connectivity index (χ0n) is 11.6. The SMILES string of the molecule is COC(=O)c1cnc(C=Cc2cnc(-c3ccccn3)s2)s1. The van der Waals surface area contributed by atoms with E-state index in [2.05, 4.69) is 19.7 Å². The zero-order chi connectivity index (χ0) is 15.4. The Hall–Kier alpha value is -2.38. The number of hydrogen-bond acceptors (Lipinski definition) is 7. The van der Waals surface area contributed by atoms with Gasteiger partial charge in [0.25, 0.3) is 0 Å². The van der Waals surface area contributed by atoms with Crippen LogP contribution >= 0.6 is 22.7 Å². The number of ether oxygens (including phenoxy) is 1. The molecule has 0 fully saturated rings. The Kier molecular flexibility index (Phi) is 4.36. The van der Waals surface area contributed by atoms with Crippen molar-refractivity contribution in [1.82, 2.24) is 15.0 Å². The highest BCUT2D eigenvalue weighted by Gasteiger charge is 2.09. The van der Waals surface area contributed by atoms with Crippen LogP contribution in [0, 0.1) is 0 Å². The molecule has 3 aromatic rings. The lowest BCUT2D eigenvalue weighted by molar-refractivity contribution is 0.0606. The summed E-state index contributed by atoms with van der Waals surface area (Å²) in [5, 5.41) is 1.61. The van der Waals surface area contributed by atoms with Gasteiger partial charge in [-0.05, 0) is 24.3 Å². The largest absolute Gasteiger partial charge is 0.465 e. The summed E-state index contributed by atoms with van der Waals surface area (Å²) in [7, 11) is 1.36. The Morgan fingerprint density at radius 2 is 2.05 bits per heavy atom. The average molecular weight is 329 g/mol. The van der Waals surface area contributed by atoms with E-state index < -0.39 is 0 Å². The fourth-order valence-corrected chi connectivity index (χ4v) is 3.22. The van der Waals surface area contributed by atoms with Crippen LogP contribution in [0.25, 0.3) is 22.9 Å². The van der Waals surface area contributed by atoms with E-state index in [4.69, 9.17) is 0 Å². The minimum Gasteiger partial charge on any atom is -0.465 e. The molecule has 3 heterocycles. The van der Waals surface area contributed by atoms with Gasteiger partial charge in [0.1, 0.15) is 14.9 Å². The molecule has 0 aliphatic rings. The predicted octanol–water partition coefficient (Wildman–Crippen LogP) is 3.62. The Morgan fingerprint density at radius 1 is 1.14 bits per heavy atom. The molecule has 0 unspecified atom stereocenters. The fraction of sp³-hybridized carbons (Fsp3) is 0.0667. The highest BCUT2D eigenvalue weighted by Crippen LogP contribution is 2.25. The van der Waals surface area contributed by atoms with Gasteiger partial charge in [-0.15, -0.1) is 22.7 Å². The number of aromatic nitrogens is 3. The van der Waals surface area contributed by atoms with Gasteiger partial charge in [0.15, 0.2) is 0 Å². The van der Waals surface area contributed by atoms with E-state index in [0.717, 1.165) is 20.6 Å². The number of rotatable bonds is 4. The predicted molar refractivity (Wildman–Crippen MR) is 87.7 cm³/mol. The second kappa shape index (κ2) is 6.59. The second-order valence-electron chi connectivity index (χ2n) is 4.17. The Labute approximate surface area is 135 Å². The molecular weight excluding hydrogens is 318 g/mol. The van der Waals surface area contributed by atoms with Gasteiger partial charge in [0.05, 0.1) is 19.0 Å². The van der Waals surface area contributed by atoms with E-state index in [0.29, 0.717) is 4.88 Å². The van der Waals surface area contributed by atoms with Crippen molar-refractivity contribution in [1.29, 1.82) is 0 Å². The maximum absolute atomic E-state index is 11.4. The number of carbonyl (C=O) groups excluding carboxylic acids is 1. The first kappa shape index (κ1) is 14.6. The molecule has 0 spiro atoms. The number of esters is 1. The van der Waals surface area contributed by atoms with Gasteiger partial charge in [0, 0.05) is 17.3 Å². The monoisotopic (exact) mass is 329 g/mol. The first-order chi connectivity index (χ1) is 10.8. The standard InChI is InChI=1S/C15H11N3O2S2/c1-20-15(19)12-9-17-13(22-12)6-5-10-8-18-14(21-10)11-4-2-3-7-16-11/h2-9H,1H3. The van der Waals surface area contributed by atoms with E-state index >= 15 is 0 Å². The third-order valence-electron chi connectivity index (χ3n) is 2.71. The molecule has 0 saturated heterocycles. The molecule has 0 atom stereocenters. The van der Waals surface area contributed by atoms with Crippen molar-refractivity contribution in [2.75, 3.05) is 7.11 Å². The minimum atomic E-state index is -0.368. The summed E-state index contributed by atoms with van der Waals surface area (Å²) < 4.78 is 4.66. The Balaban J connectivity index is 1.75. The van der Waals surface area contributed by atoms with Gasteiger partial charge in [-0.2, -0.15) is 0 Å². The summed E-state index contributed by atoms with van der Waals surface area (Å²) in [6.45, 7) is 0. The molecule has 0 aromatic carbocycles. The van der Waals surface area contributed by atoms with Gasteiger partial charge in [0.2, 0.25) is 0 Å². The van der Waals surface area contributed by atoms with E-state index in [1.807, 2.05) is 30.4 Å². The van der Waals surface area contributed by atoms with Crippen LogP contribution in [0.3, 0.4) is 0 Å². The Morgan fingerprint density at radius 3 is 2.82 bits per heavy atom. The minimum absolute atomic E-state index is 0.368. The number of thiazole rings is 2. The van der Waals surface area contributed by atoms with E-state index in [9.17, 15) is 4.79 Å². The molecule has 0 aliphatic heterocycles. The molecule has 22 heavy (non-hydrogen) atoms. The average Bonchev–Trinajstić information content (AvgIpc) is 3.22. The van der Waals surface area contributed by atoms with Crippen LogP contribution in [0.15, 0.2) is 36.8 Å². The maximum Gasteiger partial charge on any atom is 0.349 e. The van der Waals surface area contributed by atoms with Gasteiger partial charge in [-0.3, -0.25) is 4.98 Å². The first-order valence-corrected chi connectivity index (χ1v) is 7.99. The lowest BCUT2D eigenvalue weighted by Gasteiger charge is -1.91. The second-order valence-corrected chi connectivity index (χ2v) is 6.29. The van der Waals surface area contributed by atoms with Crippen LogP contribution in [0.5, 0.6) is 0 Å². The molecule has 0 amide bonds. The van der Waals surface area contributed by atoms with Crippen LogP contribution in [0.1, 0.15) is 19.6 Å². The third-order valence-corrected chi connectivity index (χ3v) is 4.64. The molecule has 0 N–H and O–H groups in total. The molecule has 110 valence electrons. The van der Waals surface area contributed by atoms with Crippen LogP contribution in [-0.2, 0) is 4.74 Å². The van der Waals surface area contributed by atoms with Crippen LogP contribution in [0.2, 0.25) is 0 Å². The number of pyridine rings is 1. The van der Waals surface area contributed by atoms with Gasteiger partial charge >= 0.3 is 5.97 Å². The molecule has 3 aromatic heterocycles. The van der Waals surface area contributed by atoms with E-state index in [1.54, 1.807) is 23.7 Å². The van der Waals surface area contributed by atoms with Crippen molar-refractivity contribution in [2.45, 2.75) is 0 Å². The molecule has 7 heteroatoms. The molecule has 0 bridgehead atoms. The summed E-state index contributed by atoms with van der Waals surface area (Å²) in [4.78, 5) is 25.7. The first-order valence-electron chi connectivity index (χ1n) is 6.36. The highest BCUT2D eigenvalue weighted by molar-refractivity contribution is 7.16. The molecule has 0 saturated carbocycles. The van der Waals surface area contributed by atoms with Crippen molar-refractivity contribution < 1.29 is 9.53 Å². The normalized spacial score (nSPS) is 11.0. The van der Waals surface area contributed by atoms with Crippen molar-refractivity contribution in [3.8, 4) is 10.7 Å². The van der Waals surface area contributed by atoms with E-state index in [1.165, 1.54) is 24.6 Å². The highest BCUT2D eigenvalue weighted by atomic mass is 32.1. The van der Waals surface area contributed by atoms with Crippen molar-refractivity contribution in [2.24, 2.45) is 0 Å². The number of methoxy groups -OCH3 is 1. The molecule has 3 rings (SSSR count). The molecule has 0 radical (unpaired) electrons. The van der Waals surface area contributed by atoms with Crippen LogP contribution in [0.4, 0.5) is 0 Å². The quantitative estimate of drug-likeness (QED) is 0.684. The summed E-state index contributed by atoms with van der Waals surface area (Å²) in [6.07, 6.45) is 8.83. The van der Waals surface area contributed by atoms with Gasteiger partial charge in [-0.1, -0.05) is 6.07 Å². The summed E-state index contributed by atoms with van der Waals surface area (Å²) in [5.74, 6) is -0.368. The van der Waals surface area contributed by atoms with Crippen molar-refractivity contribution in [3.63, 3.8) is 0 Å². The molecule has 0 aliphatic carbocycles. The summed E-state index contributed by atoms with van der Waals surface area (Å²) in [5.41, 5.74) is 0.856. The van der Waals surface area contributed by atoms with Crippen molar-refractivity contribution >= 4 is 40.8 Å². The summed E-state index contributed by atoms with van der Waals surface area (Å²) >= 11 is 2.84. The van der Waals surface area contributed by atoms with E-state index in [-0.39, 0.29) is 5.97 Å². The van der Waals surface area contributed by atoms with Crippen LogP contribution < -0.4 is 0 Å². The maximum atomic E-state index is 11.4. The number of nitrogens with zero attached hydrogens (tertiary/aromatic N) is 3. The zero-order valence-corrected chi connectivity index (χ0v) is 13.2. The molecular formula is C15H11N3O2S2. The van der Waals surface area contributed by atoms with Crippen molar-refractivity contribution in [3.05, 3.63) is 51.6 Å². The smallest absolute Gasteiger partial charge is 0.349 e. The number of carbonyl (C=O) groups is 1. The topological polar surface area (TPSA) is 65.0 Å². The van der Waals surface area contributed by atoms with Crippen LogP contribution in [-0.4, -0.2) is 28.0 Å². The lowest BCUT2D eigenvalue weighted by Crippen LogP contribution is -1.96. The Bertz CT molecular complexity index is 809. The third kappa shape index (κ3) is 3.26. The molecule has 5 nitrogen and oxygen atoms in total.